The van der Waals surface area contributed by atoms with Gasteiger partial charge in [0.2, 0.25) is 0 Å². The molecule has 0 atom stereocenters. The lowest BCUT2D eigenvalue weighted by atomic mass is 10.1. The molecule has 0 aliphatic carbocycles. The van der Waals surface area contributed by atoms with Crippen molar-refractivity contribution in [3.05, 3.63) is 45.4 Å². The van der Waals surface area contributed by atoms with E-state index in [1.165, 1.54) is 0 Å². The molecule has 3 rings (SSSR count). The van der Waals surface area contributed by atoms with E-state index in [1.807, 2.05) is 37.6 Å². The Labute approximate surface area is 127 Å². The van der Waals surface area contributed by atoms with Crippen LogP contribution in [0.1, 0.15) is 33.4 Å². The summed E-state index contributed by atoms with van der Waals surface area (Å²) in [5.74, 6) is -0.804. The minimum atomic E-state index is -0.416. The average Bonchev–Trinajstić information content (AvgIpc) is 3.00. The van der Waals surface area contributed by atoms with Crippen LogP contribution in [-0.2, 0) is 17.6 Å². The summed E-state index contributed by atoms with van der Waals surface area (Å²) in [7, 11) is 0. The number of nitrogens with zero attached hydrogens (tertiary/aromatic N) is 2. The normalized spacial score (nSPS) is 13.9. The van der Waals surface area contributed by atoms with Crippen LogP contribution in [0.25, 0.3) is 0 Å². The summed E-state index contributed by atoms with van der Waals surface area (Å²) in [5.41, 5.74) is 5.17. The molecule has 0 fully saturated rings. The van der Waals surface area contributed by atoms with Gasteiger partial charge in [-0.3, -0.25) is 9.59 Å². The fraction of sp³-hybridized carbons (Fsp3) is 0.312. The van der Waals surface area contributed by atoms with Crippen LogP contribution in [-0.4, -0.2) is 23.2 Å². The van der Waals surface area contributed by atoms with E-state index < -0.39 is 5.91 Å². The van der Waals surface area contributed by atoms with Crippen molar-refractivity contribution in [1.82, 2.24) is 4.98 Å². The van der Waals surface area contributed by atoms with Gasteiger partial charge in [0.25, 0.3) is 11.7 Å². The Morgan fingerprint density at radius 3 is 2.76 bits per heavy atom. The standard InChI is InChI=1S/C16H16N2O2S/c1-3-11-4-5-13-12(8-11)15(19)16(20)18(13)7-6-14-10(2)17-9-21-14/h4-5,8-9H,3,6-7H2,1-2H3. The first-order chi connectivity index (χ1) is 10.1. The van der Waals surface area contributed by atoms with Crippen molar-refractivity contribution in [3.63, 3.8) is 0 Å². The van der Waals surface area contributed by atoms with E-state index in [4.69, 9.17) is 0 Å². The zero-order chi connectivity index (χ0) is 15.0. The Morgan fingerprint density at radius 2 is 2.10 bits per heavy atom. The lowest BCUT2D eigenvalue weighted by molar-refractivity contribution is -0.114. The van der Waals surface area contributed by atoms with Crippen LogP contribution in [0.5, 0.6) is 0 Å². The van der Waals surface area contributed by atoms with Crippen molar-refractivity contribution in [2.45, 2.75) is 26.7 Å². The second-order valence-electron chi connectivity index (χ2n) is 5.10. The van der Waals surface area contributed by atoms with Crippen molar-refractivity contribution < 1.29 is 9.59 Å². The molecule has 2 aromatic rings. The number of benzene rings is 1. The van der Waals surface area contributed by atoms with E-state index in [0.717, 1.165) is 34.7 Å². The Kier molecular flexibility index (Phi) is 3.59. The molecule has 0 spiro atoms. The quantitative estimate of drug-likeness (QED) is 0.816. The molecule has 1 aromatic heterocycles. The smallest absolute Gasteiger partial charge is 0.299 e. The van der Waals surface area contributed by atoms with Gasteiger partial charge < -0.3 is 4.90 Å². The molecule has 0 radical (unpaired) electrons. The molecule has 2 heterocycles. The number of Topliss-reactive ketones (excluding diaryl/α,β-unsaturated/α-hetero) is 1. The molecule has 1 amide bonds. The van der Waals surface area contributed by atoms with Crippen LogP contribution < -0.4 is 4.90 Å². The largest absolute Gasteiger partial charge is 0.304 e. The zero-order valence-corrected chi connectivity index (χ0v) is 12.9. The Morgan fingerprint density at radius 1 is 1.29 bits per heavy atom. The van der Waals surface area contributed by atoms with Gasteiger partial charge in [0.05, 0.1) is 22.5 Å². The topological polar surface area (TPSA) is 50.3 Å². The van der Waals surface area contributed by atoms with E-state index in [2.05, 4.69) is 4.98 Å². The molecule has 0 saturated heterocycles. The fourth-order valence-electron chi connectivity index (χ4n) is 2.57. The number of aromatic nitrogens is 1. The van der Waals surface area contributed by atoms with Gasteiger partial charge in [-0.15, -0.1) is 11.3 Å². The second kappa shape index (κ2) is 5.41. The SMILES string of the molecule is CCc1ccc2c(c1)C(=O)C(=O)N2CCc1scnc1C. The van der Waals surface area contributed by atoms with Crippen LogP contribution in [0.2, 0.25) is 0 Å². The number of rotatable bonds is 4. The molecule has 108 valence electrons. The first-order valence-corrected chi connectivity index (χ1v) is 7.88. The van der Waals surface area contributed by atoms with Crippen molar-refractivity contribution in [2.75, 3.05) is 11.4 Å². The number of carbonyl (C=O) groups excluding carboxylic acids is 2. The molecule has 1 aliphatic heterocycles. The van der Waals surface area contributed by atoms with Crippen LogP contribution in [0, 0.1) is 6.92 Å². The van der Waals surface area contributed by atoms with E-state index in [1.54, 1.807) is 16.2 Å². The monoisotopic (exact) mass is 300 g/mol. The molecule has 1 aromatic carbocycles. The number of fused-ring (bicyclic) bond motifs is 1. The Balaban J connectivity index is 1.86. The molecule has 0 bridgehead atoms. The number of thiazole rings is 1. The van der Waals surface area contributed by atoms with Crippen LogP contribution in [0.15, 0.2) is 23.7 Å². The van der Waals surface area contributed by atoms with E-state index in [0.29, 0.717) is 12.1 Å². The van der Waals surface area contributed by atoms with E-state index in [9.17, 15) is 9.59 Å². The molecule has 0 N–H and O–H groups in total. The summed E-state index contributed by atoms with van der Waals surface area (Å²) in [5, 5.41) is 0. The number of amides is 1. The third-order valence-corrected chi connectivity index (χ3v) is 4.85. The van der Waals surface area contributed by atoms with Crippen molar-refractivity contribution in [2.24, 2.45) is 0 Å². The fourth-order valence-corrected chi connectivity index (χ4v) is 3.34. The molecule has 0 saturated carbocycles. The van der Waals surface area contributed by atoms with E-state index in [-0.39, 0.29) is 5.78 Å². The maximum atomic E-state index is 12.2. The lowest BCUT2D eigenvalue weighted by Gasteiger charge is -2.16. The maximum Gasteiger partial charge on any atom is 0.299 e. The Hall–Kier alpha value is -2.01. The molecule has 5 heteroatoms. The van der Waals surface area contributed by atoms with Crippen LogP contribution in [0.4, 0.5) is 5.69 Å². The van der Waals surface area contributed by atoms with Crippen LogP contribution >= 0.6 is 11.3 Å². The highest BCUT2D eigenvalue weighted by Crippen LogP contribution is 2.30. The predicted molar refractivity (Wildman–Crippen MR) is 83.1 cm³/mol. The molecule has 1 aliphatic rings. The second-order valence-corrected chi connectivity index (χ2v) is 6.04. The van der Waals surface area contributed by atoms with Gasteiger partial charge in [-0.05, 0) is 31.0 Å². The summed E-state index contributed by atoms with van der Waals surface area (Å²) in [6.07, 6.45) is 1.58. The average molecular weight is 300 g/mol. The van der Waals surface area contributed by atoms with Gasteiger partial charge in [-0.25, -0.2) is 4.98 Å². The number of anilines is 1. The van der Waals surface area contributed by atoms with Crippen molar-refractivity contribution in [1.29, 1.82) is 0 Å². The van der Waals surface area contributed by atoms with E-state index >= 15 is 0 Å². The molecular formula is C16H16N2O2S. The summed E-state index contributed by atoms with van der Waals surface area (Å²) in [6, 6.07) is 5.71. The summed E-state index contributed by atoms with van der Waals surface area (Å²) >= 11 is 1.59. The minimum absolute atomic E-state index is 0.388. The highest BCUT2D eigenvalue weighted by molar-refractivity contribution is 7.09. The maximum absolute atomic E-state index is 12.2. The van der Waals surface area contributed by atoms with Crippen molar-refractivity contribution >= 4 is 28.7 Å². The molecular weight excluding hydrogens is 284 g/mol. The molecule has 4 nitrogen and oxygen atoms in total. The van der Waals surface area contributed by atoms with Crippen LogP contribution in [0.3, 0.4) is 0 Å². The third-order valence-electron chi connectivity index (χ3n) is 3.85. The lowest BCUT2D eigenvalue weighted by Crippen LogP contribution is -2.31. The van der Waals surface area contributed by atoms with Crippen molar-refractivity contribution in [3.8, 4) is 0 Å². The molecule has 0 unspecified atom stereocenters. The highest BCUT2D eigenvalue weighted by atomic mass is 32.1. The zero-order valence-electron chi connectivity index (χ0n) is 12.0. The first-order valence-electron chi connectivity index (χ1n) is 7.00. The highest BCUT2D eigenvalue weighted by Gasteiger charge is 2.35. The van der Waals surface area contributed by atoms with Gasteiger partial charge in [-0.1, -0.05) is 13.0 Å². The minimum Gasteiger partial charge on any atom is -0.304 e. The third kappa shape index (κ3) is 2.38. The number of carbonyl (C=O) groups is 2. The summed E-state index contributed by atoms with van der Waals surface area (Å²) in [4.78, 5) is 31.2. The van der Waals surface area contributed by atoms with Gasteiger partial charge in [0, 0.05) is 17.8 Å². The van der Waals surface area contributed by atoms with Gasteiger partial charge >= 0.3 is 0 Å². The summed E-state index contributed by atoms with van der Waals surface area (Å²) in [6.45, 7) is 4.52. The predicted octanol–water partition coefficient (Wildman–Crippen LogP) is 2.79. The van der Waals surface area contributed by atoms with Gasteiger partial charge in [-0.2, -0.15) is 0 Å². The summed E-state index contributed by atoms with van der Waals surface area (Å²) < 4.78 is 0. The van der Waals surface area contributed by atoms with Gasteiger partial charge in [0.1, 0.15) is 0 Å². The van der Waals surface area contributed by atoms with Gasteiger partial charge in [0.15, 0.2) is 0 Å². The number of ketones is 1. The first kappa shape index (κ1) is 13.9. The molecule has 21 heavy (non-hydrogen) atoms. The number of aryl methyl sites for hydroxylation is 2. The number of hydrogen-bond acceptors (Lipinski definition) is 4. The number of hydrogen-bond donors (Lipinski definition) is 0. The Bertz CT molecular complexity index is 721.